The first kappa shape index (κ1) is 22.8. The van der Waals surface area contributed by atoms with Gasteiger partial charge < -0.3 is 23.8 Å². The number of hydrogen-bond acceptors (Lipinski definition) is 10. The molecule has 2 fully saturated rings. The molecule has 34 heavy (non-hydrogen) atoms. The summed E-state index contributed by atoms with van der Waals surface area (Å²) in [5, 5.41) is 4.53. The second-order valence-corrected chi connectivity index (χ2v) is 8.21. The molecule has 0 radical (unpaired) electrons. The van der Waals surface area contributed by atoms with Crippen LogP contribution >= 0.6 is 0 Å². The molecule has 1 aromatic carbocycles. The van der Waals surface area contributed by atoms with Gasteiger partial charge >= 0.3 is 6.01 Å². The number of fused-ring (bicyclic) bond motifs is 1. The third kappa shape index (κ3) is 5.72. The summed E-state index contributed by atoms with van der Waals surface area (Å²) in [6.07, 6.45) is 0.563. The van der Waals surface area contributed by atoms with Crippen molar-refractivity contribution in [1.29, 1.82) is 0 Å². The van der Waals surface area contributed by atoms with E-state index in [0.29, 0.717) is 61.7 Å². The molecule has 11 heteroatoms. The van der Waals surface area contributed by atoms with Crippen LogP contribution in [-0.2, 0) is 9.47 Å². The van der Waals surface area contributed by atoms with E-state index in [1.165, 1.54) is 12.1 Å². The quantitative estimate of drug-likeness (QED) is 0.605. The second-order valence-electron chi connectivity index (χ2n) is 8.21. The summed E-state index contributed by atoms with van der Waals surface area (Å²) in [5.74, 6) is 1.55. The monoisotopic (exact) mass is 472 g/mol. The molecular formula is C23H29FN6O4. The molecule has 2 saturated heterocycles. The van der Waals surface area contributed by atoms with Gasteiger partial charge in [0, 0.05) is 50.8 Å². The van der Waals surface area contributed by atoms with Crippen molar-refractivity contribution in [2.45, 2.75) is 6.42 Å². The van der Waals surface area contributed by atoms with Crippen molar-refractivity contribution in [2.75, 3.05) is 82.7 Å². The predicted molar refractivity (Wildman–Crippen MR) is 124 cm³/mol. The van der Waals surface area contributed by atoms with Gasteiger partial charge in [-0.25, -0.2) is 4.39 Å². The van der Waals surface area contributed by atoms with Crippen molar-refractivity contribution in [3.63, 3.8) is 0 Å². The van der Waals surface area contributed by atoms with Gasteiger partial charge in [-0.05, 0) is 18.2 Å². The van der Waals surface area contributed by atoms with E-state index in [-0.39, 0.29) is 5.82 Å². The van der Waals surface area contributed by atoms with E-state index in [0.717, 1.165) is 51.8 Å². The van der Waals surface area contributed by atoms with E-state index in [1.807, 2.05) is 6.07 Å². The highest BCUT2D eigenvalue weighted by Gasteiger charge is 2.19. The lowest BCUT2D eigenvalue weighted by Gasteiger charge is -2.28. The summed E-state index contributed by atoms with van der Waals surface area (Å²) < 4.78 is 36.2. The van der Waals surface area contributed by atoms with E-state index in [2.05, 4.69) is 30.3 Å². The molecule has 10 nitrogen and oxygen atoms in total. The van der Waals surface area contributed by atoms with E-state index >= 15 is 0 Å². The van der Waals surface area contributed by atoms with E-state index in [1.54, 1.807) is 6.07 Å². The Labute approximate surface area is 197 Å². The average molecular weight is 473 g/mol. The summed E-state index contributed by atoms with van der Waals surface area (Å²) in [4.78, 5) is 13.6. The van der Waals surface area contributed by atoms with Gasteiger partial charge in [-0.3, -0.25) is 10.3 Å². The third-order valence-corrected chi connectivity index (χ3v) is 5.92. The van der Waals surface area contributed by atoms with Gasteiger partial charge in [0.25, 0.3) is 0 Å². The zero-order chi connectivity index (χ0) is 23.2. The number of morpholine rings is 2. The molecule has 0 bridgehead atoms. The number of hydrogen-bond donors (Lipinski definition) is 1. The number of halogens is 1. The first-order valence-corrected chi connectivity index (χ1v) is 11.6. The minimum Gasteiger partial charge on any atom is -0.492 e. The Hall–Kier alpha value is -3.02. The zero-order valence-corrected chi connectivity index (χ0v) is 19.0. The Morgan fingerprint density at radius 3 is 2.62 bits per heavy atom. The van der Waals surface area contributed by atoms with Crippen molar-refractivity contribution in [3.05, 3.63) is 35.6 Å². The molecule has 182 valence electrons. The van der Waals surface area contributed by atoms with Crippen LogP contribution in [-0.4, -0.2) is 92.9 Å². The number of rotatable bonds is 7. The van der Waals surface area contributed by atoms with Crippen LogP contribution in [0.5, 0.6) is 11.8 Å². The topological polar surface area (TPSA) is 93.6 Å². The largest absolute Gasteiger partial charge is 0.492 e. The highest BCUT2D eigenvalue weighted by atomic mass is 19.1. The number of nitrogens with one attached hydrogen (secondary N) is 1. The number of benzene rings is 1. The van der Waals surface area contributed by atoms with Gasteiger partial charge in [0.05, 0.1) is 38.7 Å². The number of nitrogens with zero attached hydrogens (tertiary/aromatic N) is 5. The molecule has 1 aromatic heterocycles. The number of ether oxygens (including phenoxy) is 4. The summed E-state index contributed by atoms with van der Waals surface area (Å²) in [6, 6.07) is 6.58. The van der Waals surface area contributed by atoms with Gasteiger partial charge in [-0.1, -0.05) is 0 Å². The molecule has 1 N–H and O–H groups in total. The lowest BCUT2D eigenvalue weighted by atomic mass is 10.0. The Morgan fingerprint density at radius 2 is 1.79 bits per heavy atom. The number of hydrazone groups is 1. The maximum Gasteiger partial charge on any atom is 0.320 e. The van der Waals surface area contributed by atoms with Crippen molar-refractivity contribution in [2.24, 2.45) is 5.10 Å². The molecule has 4 heterocycles. The Kier molecular flexibility index (Phi) is 7.32. The minimum absolute atomic E-state index is 0.290. The maximum atomic E-state index is 13.8. The van der Waals surface area contributed by atoms with Gasteiger partial charge in [0.15, 0.2) is 5.82 Å². The summed E-state index contributed by atoms with van der Waals surface area (Å²) in [5.41, 5.74) is 4.38. The fourth-order valence-corrected chi connectivity index (χ4v) is 4.07. The van der Waals surface area contributed by atoms with Crippen molar-refractivity contribution in [3.8, 4) is 11.8 Å². The standard InChI is InChI=1S/C23H29FN6O4/c24-17-1-2-20-18(15-17)19(3-9-33-20)27-28-21-16-22(30-7-12-32-13-8-30)26-23(25-21)34-14-6-29-4-10-31-11-5-29/h1-2,15-16H,3-14H2,(H,25,26,28)/b27-19-. The van der Waals surface area contributed by atoms with E-state index in [9.17, 15) is 4.39 Å². The van der Waals surface area contributed by atoms with Crippen molar-refractivity contribution >= 4 is 17.3 Å². The van der Waals surface area contributed by atoms with Crippen LogP contribution in [0.2, 0.25) is 0 Å². The summed E-state index contributed by atoms with van der Waals surface area (Å²) >= 11 is 0. The van der Waals surface area contributed by atoms with Crippen LogP contribution in [0.25, 0.3) is 0 Å². The molecular weight excluding hydrogens is 443 g/mol. The van der Waals surface area contributed by atoms with Crippen molar-refractivity contribution < 1.29 is 23.3 Å². The van der Waals surface area contributed by atoms with Gasteiger partial charge in [0.1, 0.15) is 24.0 Å². The van der Waals surface area contributed by atoms with E-state index in [4.69, 9.17) is 18.9 Å². The first-order valence-electron chi connectivity index (χ1n) is 11.6. The summed E-state index contributed by atoms with van der Waals surface area (Å²) in [7, 11) is 0. The normalized spacial score (nSPS) is 20.0. The number of aromatic nitrogens is 2. The molecule has 0 atom stereocenters. The van der Waals surface area contributed by atoms with E-state index < -0.39 is 0 Å². The predicted octanol–water partition coefficient (Wildman–Crippen LogP) is 1.76. The van der Waals surface area contributed by atoms with Gasteiger partial charge in [-0.15, -0.1) is 0 Å². The van der Waals surface area contributed by atoms with Crippen LogP contribution in [0.4, 0.5) is 16.0 Å². The SMILES string of the molecule is Fc1ccc2c(c1)/C(=N\Nc1cc(N3CCOCC3)nc(OCCN3CCOCC3)n1)CCO2. The van der Waals surface area contributed by atoms with Crippen LogP contribution in [0.15, 0.2) is 29.4 Å². The van der Waals surface area contributed by atoms with Crippen molar-refractivity contribution in [1.82, 2.24) is 14.9 Å². The third-order valence-electron chi connectivity index (χ3n) is 5.92. The Balaban J connectivity index is 1.33. The average Bonchev–Trinajstić information content (AvgIpc) is 2.88. The van der Waals surface area contributed by atoms with Crippen LogP contribution in [0.1, 0.15) is 12.0 Å². The molecule has 0 aliphatic carbocycles. The molecule has 2 aromatic rings. The molecule has 0 saturated carbocycles. The molecule has 0 spiro atoms. The Bertz CT molecular complexity index is 1010. The lowest BCUT2D eigenvalue weighted by Crippen LogP contribution is -2.39. The smallest absolute Gasteiger partial charge is 0.320 e. The first-order chi connectivity index (χ1) is 16.7. The lowest BCUT2D eigenvalue weighted by molar-refractivity contribution is 0.0317. The Morgan fingerprint density at radius 1 is 1.00 bits per heavy atom. The fraction of sp³-hybridized carbons (Fsp3) is 0.522. The van der Waals surface area contributed by atoms with Crippen LogP contribution in [0.3, 0.4) is 0 Å². The number of anilines is 2. The zero-order valence-electron chi connectivity index (χ0n) is 19.0. The molecule has 0 amide bonds. The highest BCUT2D eigenvalue weighted by molar-refractivity contribution is 6.04. The van der Waals surface area contributed by atoms with Gasteiger partial charge in [0.2, 0.25) is 0 Å². The fourth-order valence-electron chi connectivity index (χ4n) is 4.07. The highest BCUT2D eigenvalue weighted by Crippen LogP contribution is 2.26. The van der Waals surface area contributed by atoms with Crippen LogP contribution < -0.4 is 19.8 Å². The summed E-state index contributed by atoms with van der Waals surface area (Å²) in [6.45, 7) is 7.79. The maximum absolute atomic E-state index is 13.8. The second kappa shape index (κ2) is 10.9. The molecule has 3 aliphatic rings. The molecule has 3 aliphatic heterocycles. The minimum atomic E-state index is -0.329. The molecule has 5 rings (SSSR count). The van der Waals surface area contributed by atoms with Gasteiger partial charge in [-0.2, -0.15) is 15.1 Å². The molecule has 0 unspecified atom stereocenters. The van der Waals surface area contributed by atoms with Crippen LogP contribution in [0, 0.1) is 5.82 Å².